The van der Waals surface area contributed by atoms with Gasteiger partial charge in [-0.2, -0.15) is 0 Å². The molecular formula is C19H20N4O3. The van der Waals surface area contributed by atoms with E-state index in [1.807, 2.05) is 29.0 Å². The Morgan fingerprint density at radius 1 is 1.23 bits per heavy atom. The molecule has 0 aromatic carbocycles. The molecule has 3 heterocycles. The standard InChI is InChI=1S/C19H20N4O3/c1-14-5-6-15(22-18(14)19(24)25)4-2-3-11-26-16-7-8-17(21-12-16)23-10-9-20-13-23/h5-10,12-13H,2-4,11H2,1H3,(H,24,25). The number of hydrogen-bond donors (Lipinski definition) is 1. The molecule has 7 nitrogen and oxygen atoms in total. The van der Waals surface area contributed by atoms with Crippen LogP contribution in [-0.4, -0.2) is 37.2 Å². The average molecular weight is 352 g/mol. The molecule has 7 heteroatoms. The Kier molecular flexibility index (Phi) is 5.58. The number of unbranched alkanes of at least 4 members (excludes halogenated alkanes) is 1. The van der Waals surface area contributed by atoms with Crippen LogP contribution in [0.25, 0.3) is 5.82 Å². The maximum Gasteiger partial charge on any atom is 0.354 e. The lowest BCUT2D eigenvalue weighted by Gasteiger charge is -2.07. The first-order valence-corrected chi connectivity index (χ1v) is 8.40. The summed E-state index contributed by atoms with van der Waals surface area (Å²) >= 11 is 0. The van der Waals surface area contributed by atoms with Crippen molar-refractivity contribution < 1.29 is 14.6 Å². The van der Waals surface area contributed by atoms with Crippen LogP contribution in [0.5, 0.6) is 5.75 Å². The topological polar surface area (TPSA) is 90.1 Å². The van der Waals surface area contributed by atoms with Crippen molar-refractivity contribution in [1.82, 2.24) is 19.5 Å². The molecule has 0 aliphatic heterocycles. The quantitative estimate of drug-likeness (QED) is 0.627. The number of carboxylic acid groups (broad SMARTS) is 1. The molecule has 0 amide bonds. The molecule has 3 aromatic heterocycles. The van der Waals surface area contributed by atoms with Crippen LogP contribution in [0.3, 0.4) is 0 Å². The van der Waals surface area contributed by atoms with Gasteiger partial charge >= 0.3 is 5.97 Å². The molecular weight excluding hydrogens is 332 g/mol. The first-order chi connectivity index (χ1) is 12.6. The largest absolute Gasteiger partial charge is 0.492 e. The third-order valence-electron chi connectivity index (χ3n) is 3.94. The molecule has 0 unspecified atom stereocenters. The number of hydrogen-bond acceptors (Lipinski definition) is 5. The van der Waals surface area contributed by atoms with Gasteiger partial charge in [0.2, 0.25) is 0 Å². The van der Waals surface area contributed by atoms with Gasteiger partial charge in [-0.1, -0.05) is 6.07 Å². The second-order valence-corrected chi connectivity index (χ2v) is 5.90. The maximum atomic E-state index is 11.1. The minimum absolute atomic E-state index is 0.128. The number of carboxylic acids is 1. The van der Waals surface area contributed by atoms with Gasteiger partial charge in [-0.05, 0) is 49.9 Å². The van der Waals surface area contributed by atoms with E-state index in [0.717, 1.165) is 36.5 Å². The lowest BCUT2D eigenvalue weighted by molar-refractivity contribution is 0.0689. The molecule has 0 aliphatic rings. The van der Waals surface area contributed by atoms with Gasteiger partial charge in [0.1, 0.15) is 17.9 Å². The predicted octanol–water partition coefficient (Wildman–Crippen LogP) is 3.07. The van der Waals surface area contributed by atoms with Crippen LogP contribution in [0.1, 0.15) is 34.6 Å². The van der Waals surface area contributed by atoms with Crippen LogP contribution in [0, 0.1) is 6.92 Å². The van der Waals surface area contributed by atoms with Crippen molar-refractivity contribution in [2.45, 2.75) is 26.2 Å². The summed E-state index contributed by atoms with van der Waals surface area (Å²) in [4.78, 5) is 23.6. The molecule has 134 valence electrons. The third kappa shape index (κ3) is 4.44. The third-order valence-corrected chi connectivity index (χ3v) is 3.94. The molecule has 0 fully saturated rings. The highest BCUT2D eigenvalue weighted by Gasteiger charge is 2.09. The number of nitrogens with zero attached hydrogens (tertiary/aromatic N) is 4. The molecule has 0 aliphatic carbocycles. The van der Waals surface area contributed by atoms with Gasteiger partial charge in [0.15, 0.2) is 5.69 Å². The SMILES string of the molecule is Cc1ccc(CCCCOc2ccc(-n3ccnc3)nc2)nc1C(=O)O. The zero-order chi connectivity index (χ0) is 18.4. The highest BCUT2D eigenvalue weighted by Crippen LogP contribution is 2.13. The fourth-order valence-electron chi connectivity index (χ4n) is 2.53. The van der Waals surface area contributed by atoms with E-state index >= 15 is 0 Å². The van der Waals surface area contributed by atoms with E-state index < -0.39 is 5.97 Å². The molecule has 0 bridgehead atoms. The Bertz CT molecular complexity index is 861. The number of imidazole rings is 1. The lowest BCUT2D eigenvalue weighted by atomic mass is 10.1. The van der Waals surface area contributed by atoms with E-state index in [4.69, 9.17) is 9.84 Å². The summed E-state index contributed by atoms with van der Waals surface area (Å²) in [5.41, 5.74) is 1.60. The number of pyridine rings is 2. The van der Waals surface area contributed by atoms with Crippen molar-refractivity contribution in [2.24, 2.45) is 0 Å². The Hall–Kier alpha value is -3.22. The number of aromatic nitrogens is 4. The minimum atomic E-state index is -0.987. The zero-order valence-corrected chi connectivity index (χ0v) is 14.5. The lowest BCUT2D eigenvalue weighted by Crippen LogP contribution is -2.06. The summed E-state index contributed by atoms with van der Waals surface area (Å²) in [5, 5.41) is 9.11. The summed E-state index contributed by atoms with van der Waals surface area (Å²) in [6.07, 6.45) is 9.36. The Morgan fingerprint density at radius 3 is 2.81 bits per heavy atom. The first kappa shape index (κ1) is 17.6. The second-order valence-electron chi connectivity index (χ2n) is 5.90. The summed E-state index contributed by atoms with van der Waals surface area (Å²) in [7, 11) is 0. The van der Waals surface area contributed by atoms with Crippen molar-refractivity contribution in [3.63, 3.8) is 0 Å². The summed E-state index contributed by atoms with van der Waals surface area (Å²) in [6, 6.07) is 7.43. The average Bonchev–Trinajstić information content (AvgIpc) is 3.18. The van der Waals surface area contributed by atoms with E-state index in [0.29, 0.717) is 12.2 Å². The fraction of sp³-hybridized carbons (Fsp3) is 0.263. The number of rotatable bonds is 8. The van der Waals surface area contributed by atoms with Gasteiger partial charge < -0.3 is 9.84 Å². The molecule has 3 rings (SSSR count). The Labute approximate surface area is 151 Å². The van der Waals surface area contributed by atoms with Crippen molar-refractivity contribution in [2.75, 3.05) is 6.61 Å². The smallest absolute Gasteiger partial charge is 0.354 e. The number of aromatic carboxylic acids is 1. The zero-order valence-electron chi connectivity index (χ0n) is 14.5. The highest BCUT2D eigenvalue weighted by atomic mass is 16.5. The van der Waals surface area contributed by atoms with Crippen molar-refractivity contribution in [3.05, 3.63) is 66.1 Å². The summed E-state index contributed by atoms with van der Waals surface area (Å²) in [6.45, 7) is 2.32. The van der Waals surface area contributed by atoms with E-state index in [1.54, 1.807) is 31.7 Å². The molecule has 0 atom stereocenters. The van der Waals surface area contributed by atoms with Crippen molar-refractivity contribution >= 4 is 5.97 Å². The van der Waals surface area contributed by atoms with Crippen LogP contribution in [0.4, 0.5) is 0 Å². The van der Waals surface area contributed by atoms with Gasteiger partial charge in [0.05, 0.1) is 12.8 Å². The molecule has 0 saturated carbocycles. The minimum Gasteiger partial charge on any atom is -0.492 e. The maximum absolute atomic E-state index is 11.1. The van der Waals surface area contributed by atoms with Crippen LogP contribution in [0.2, 0.25) is 0 Å². The van der Waals surface area contributed by atoms with Gasteiger partial charge in [0.25, 0.3) is 0 Å². The Balaban J connectivity index is 1.43. The monoisotopic (exact) mass is 352 g/mol. The summed E-state index contributed by atoms with van der Waals surface area (Å²) in [5.74, 6) is 0.518. The Morgan fingerprint density at radius 2 is 2.12 bits per heavy atom. The number of carbonyl (C=O) groups is 1. The van der Waals surface area contributed by atoms with Crippen LogP contribution in [-0.2, 0) is 6.42 Å². The molecule has 0 saturated heterocycles. The van der Waals surface area contributed by atoms with E-state index in [9.17, 15) is 4.79 Å². The van der Waals surface area contributed by atoms with Crippen molar-refractivity contribution in [3.8, 4) is 11.6 Å². The molecule has 3 aromatic rings. The highest BCUT2D eigenvalue weighted by molar-refractivity contribution is 5.86. The fourth-order valence-corrected chi connectivity index (χ4v) is 2.53. The first-order valence-electron chi connectivity index (χ1n) is 8.40. The van der Waals surface area contributed by atoms with Gasteiger partial charge in [-0.25, -0.2) is 19.7 Å². The normalized spacial score (nSPS) is 10.7. The van der Waals surface area contributed by atoms with Gasteiger partial charge in [-0.3, -0.25) is 4.57 Å². The number of ether oxygens (including phenoxy) is 1. The van der Waals surface area contributed by atoms with Crippen LogP contribution >= 0.6 is 0 Å². The van der Waals surface area contributed by atoms with Crippen LogP contribution in [0.15, 0.2) is 49.2 Å². The van der Waals surface area contributed by atoms with E-state index in [2.05, 4.69) is 15.0 Å². The predicted molar refractivity (Wildman–Crippen MR) is 95.7 cm³/mol. The van der Waals surface area contributed by atoms with Gasteiger partial charge in [-0.15, -0.1) is 0 Å². The van der Waals surface area contributed by atoms with E-state index in [1.165, 1.54) is 0 Å². The van der Waals surface area contributed by atoms with Crippen LogP contribution < -0.4 is 4.74 Å². The van der Waals surface area contributed by atoms with E-state index in [-0.39, 0.29) is 5.69 Å². The van der Waals surface area contributed by atoms with Crippen molar-refractivity contribution in [1.29, 1.82) is 0 Å². The molecule has 1 N–H and O–H groups in total. The number of aryl methyl sites for hydroxylation is 2. The summed E-state index contributed by atoms with van der Waals surface area (Å²) < 4.78 is 7.52. The molecule has 0 radical (unpaired) electrons. The second kappa shape index (κ2) is 8.24. The molecule has 26 heavy (non-hydrogen) atoms. The van der Waals surface area contributed by atoms with Gasteiger partial charge in [0, 0.05) is 18.1 Å². The molecule has 0 spiro atoms.